The SMILES string of the molecule is CCCC(COC)n1ccc(=O)nc1SCC(=O)O. The third-order valence-electron chi connectivity index (χ3n) is 2.50. The summed E-state index contributed by atoms with van der Waals surface area (Å²) in [5.74, 6) is -1.06. The predicted octanol–water partition coefficient (Wildman–Crippen LogP) is 1.41. The second-order valence-electron chi connectivity index (χ2n) is 4.04. The molecule has 0 aromatic carbocycles. The maximum Gasteiger partial charge on any atom is 0.313 e. The third kappa shape index (κ3) is 5.04. The molecule has 19 heavy (non-hydrogen) atoms. The Morgan fingerprint density at radius 1 is 1.63 bits per heavy atom. The highest BCUT2D eigenvalue weighted by Gasteiger charge is 2.15. The second kappa shape index (κ2) is 7.96. The molecule has 0 amide bonds. The zero-order chi connectivity index (χ0) is 14.3. The minimum Gasteiger partial charge on any atom is -0.481 e. The molecule has 1 rings (SSSR count). The Bertz CT molecular complexity index is 469. The van der Waals surface area contributed by atoms with Crippen LogP contribution in [0.25, 0.3) is 0 Å². The molecule has 0 aliphatic rings. The van der Waals surface area contributed by atoms with E-state index >= 15 is 0 Å². The molecule has 0 fully saturated rings. The lowest BCUT2D eigenvalue weighted by molar-refractivity contribution is -0.133. The molecular weight excluding hydrogens is 268 g/mol. The fourth-order valence-corrected chi connectivity index (χ4v) is 2.50. The average molecular weight is 286 g/mol. The van der Waals surface area contributed by atoms with E-state index in [1.54, 1.807) is 13.3 Å². The standard InChI is InChI=1S/C12H18N2O4S/c1-3-4-9(7-18-2)14-6-5-10(15)13-12(14)19-8-11(16)17/h5-6,9H,3-4,7-8H2,1-2H3,(H,16,17). The van der Waals surface area contributed by atoms with Gasteiger partial charge in [-0.15, -0.1) is 0 Å². The summed E-state index contributed by atoms with van der Waals surface area (Å²) >= 11 is 1.05. The molecule has 0 saturated carbocycles. The Kier molecular flexibility index (Phi) is 6.58. The van der Waals surface area contributed by atoms with E-state index in [4.69, 9.17) is 9.84 Å². The number of carboxylic acids is 1. The van der Waals surface area contributed by atoms with E-state index in [9.17, 15) is 9.59 Å². The molecule has 1 atom stereocenters. The number of nitrogens with zero attached hydrogens (tertiary/aromatic N) is 2. The molecule has 7 heteroatoms. The monoisotopic (exact) mass is 286 g/mol. The Morgan fingerprint density at radius 2 is 2.37 bits per heavy atom. The molecule has 0 radical (unpaired) electrons. The number of carboxylic acid groups (broad SMARTS) is 1. The molecule has 1 N–H and O–H groups in total. The van der Waals surface area contributed by atoms with Crippen molar-refractivity contribution in [2.24, 2.45) is 0 Å². The van der Waals surface area contributed by atoms with Crippen molar-refractivity contribution in [1.29, 1.82) is 0 Å². The van der Waals surface area contributed by atoms with Gasteiger partial charge < -0.3 is 14.4 Å². The van der Waals surface area contributed by atoms with Crippen molar-refractivity contribution in [2.75, 3.05) is 19.5 Å². The molecule has 1 heterocycles. The van der Waals surface area contributed by atoms with Crippen molar-refractivity contribution in [3.05, 3.63) is 22.6 Å². The first-order chi connectivity index (χ1) is 9.08. The van der Waals surface area contributed by atoms with Crippen LogP contribution in [-0.2, 0) is 9.53 Å². The highest BCUT2D eigenvalue weighted by molar-refractivity contribution is 7.99. The Morgan fingerprint density at radius 3 is 2.95 bits per heavy atom. The summed E-state index contributed by atoms with van der Waals surface area (Å²) in [5, 5.41) is 9.14. The minimum absolute atomic E-state index is 0.0550. The van der Waals surface area contributed by atoms with Crippen LogP contribution in [0.3, 0.4) is 0 Å². The average Bonchev–Trinajstić information content (AvgIpc) is 2.36. The van der Waals surface area contributed by atoms with Gasteiger partial charge in [-0.25, -0.2) is 0 Å². The summed E-state index contributed by atoms with van der Waals surface area (Å²) in [6.07, 6.45) is 3.49. The molecule has 0 aliphatic heterocycles. The quantitative estimate of drug-likeness (QED) is 0.575. The van der Waals surface area contributed by atoms with Gasteiger partial charge in [0, 0.05) is 19.4 Å². The van der Waals surface area contributed by atoms with Crippen LogP contribution in [0.5, 0.6) is 0 Å². The number of rotatable bonds is 8. The maximum absolute atomic E-state index is 11.3. The zero-order valence-corrected chi connectivity index (χ0v) is 11.9. The van der Waals surface area contributed by atoms with E-state index in [0.717, 1.165) is 24.6 Å². The van der Waals surface area contributed by atoms with Gasteiger partial charge >= 0.3 is 5.97 Å². The van der Waals surface area contributed by atoms with E-state index in [1.165, 1.54) is 6.07 Å². The number of ether oxygens (including phenoxy) is 1. The lowest BCUT2D eigenvalue weighted by Crippen LogP contribution is -2.21. The summed E-state index contributed by atoms with van der Waals surface area (Å²) in [5.41, 5.74) is -0.364. The van der Waals surface area contributed by atoms with Crippen LogP contribution in [0, 0.1) is 0 Å². The fourth-order valence-electron chi connectivity index (χ4n) is 1.74. The van der Waals surface area contributed by atoms with Crippen LogP contribution in [-0.4, -0.2) is 40.1 Å². The van der Waals surface area contributed by atoms with Crippen LogP contribution in [0.15, 0.2) is 22.2 Å². The number of methoxy groups -OCH3 is 1. The molecule has 1 aromatic heterocycles. The van der Waals surface area contributed by atoms with Crippen molar-refractivity contribution in [3.63, 3.8) is 0 Å². The Hall–Kier alpha value is -1.34. The van der Waals surface area contributed by atoms with Gasteiger partial charge in [0.05, 0.1) is 18.4 Å². The number of thioether (sulfide) groups is 1. The molecule has 6 nitrogen and oxygen atoms in total. The van der Waals surface area contributed by atoms with E-state index in [0.29, 0.717) is 11.8 Å². The van der Waals surface area contributed by atoms with Crippen molar-refractivity contribution < 1.29 is 14.6 Å². The maximum atomic E-state index is 11.3. The van der Waals surface area contributed by atoms with Gasteiger partial charge in [0.15, 0.2) is 5.16 Å². The second-order valence-corrected chi connectivity index (χ2v) is 4.98. The lowest BCUT2D eigenvalue weighted by Gasteiger charge is -2.21. The summed E-state index contributed by atoms with van der Waals surface area (Å²) in [6.45, 7) is 2.56. The zero-order valence-electron chi connectivity index (χ0n) is 11.0. The Labute approximate surface area is 115 Å². The highest BCUT2D eigenvalue weighted by Crippen LogP contribution is 2.21. The highest BCUT2D eigenvalue weighted by atomic mass is 32.2. The number of aromatic nitrogens is 2. The number of carbonyl (C=O) groups is 1. The number of hydrogen-bond donors (Lipinski definition) is 1. The smallest absolute Gasteiger partial charge is 0.313 e. The Balaban J connectivity index is 3.01. The van der Waals surface area contributed by atoms with Crippen LogP contribution in [0.4, 0.5) is 0 Å². The molecule has 1 aromatic rings. The summed E-state index contributed by atoms with van der Waals surface area (Å²) < 4.78 is 6.99. The van der Waals surface area contributed by atoms with Gasteiger partial charge in [-0.3, -0.25) is 9.59 Å². The third-order valence-corrected chi connectivity index (χ3v) is 3.46. The van der Waals surface area contributed by atoms with E-state index in [1.807, 2.05) is 4.57 Å². The van der Waals surface area contributed by atoms with Gasteiger partial charge in [0.2, 0.25) is 0 Å². The summed E-state index contributed by atoms with van der Waals surface area (Å²) in [6, 6.07) is 1.43. The molecule has 0 spiro atoms. The first-order valence-corrected chi connectivity index (χ1v) is 6.99. The van der Waals surface area contributed by atoms with Crippen molar-refractivity contribution in [1.82, 2.24) is 9.55 Å². The minimum atomic E-state index is -0.937. The molecule has 0 aliphatic carbocycles. The molecule has 0 bridgehead atoms. The van der Waals surface area contributed by atoms with E-state index < -0.39 is 5.97 Å². The summed E-state index contributed by atoms with van der Waals surface area (Å²) in [4.78, 5) is 25.8. The predicted molar refractivity (Wildman–Crippen MR) is 72.7 cm³/mol. The van der Waals surface area contributed by atoms with Gasteiger partial charge in [-0.05, 0) is 6.42 Å². The van der Waals surface area contributed by atoms with Crippen molar-refractivity contribution in [3.8, 4) is 0 Å². The first-order valence-electron chi connectivity index (χ1n) is 6.01. The van der Waals surface area contributed by atoms with E-state index in [-0.39, 0.29) is 17.4 Å². The summed E-state index contributed by atoms with van der Waals surface area (Å²) in [7, 11) is 1.61. The molecular formula is C12H18N2O4S. The van der Waals surface area contributed by atoms with Gasteiger partial charge in [0.25, 0.3) is 5.56 Å². The van der Waals surface area contributed by atoms with Crippen LogP contribution < -0.4 is 5.56 Å². The van der Waals surface area contributed by atoms with Gasteiger partial charge in [-0.2, -0.15) is 4.98 Å². The lowest BCUT2D eigenvalue weighted by atomic mass is 10.2. The number of hydrogen-bond acceptors (Lipinski definition) is 5. The largest absolute Gasteiger partial charge is 0.481 e. The normalized spacial score (nSPS) is 12.3. The van der Waals surface area contributed by atoms with Crippen LogP contribution >= 0.6 is 11.8 Å². The van der Waals surface area contributed by atoms with Crippen molar-refractivity contribution in [2.45, 2.75) is 31.0 Å². The van der Waals surface area contributed by atoms with Crippen LogP contribution in [0.1, 0.15) is 25.8 Å². The first kappa shape index (κ1) is 15.7. The van der Waals surface area contributed by atoms with Crippen LogP contribution in [0.2, 0.25) is 0 Å². The van der Waals surface area contributed by atoms with E-state index in [2.05, 4.69) is 11.9 Å². The molecule has 106 valence electrons. The molecule has 1 unspecified atom stereocenters. The van der Waals surface area contributed by atoms with Gasteiger partial charge in [-0.1, -0.05) is 25.1 Å². The topological polar surface area (TPSA) is 81.4 Å². The van der Waals surface area contributed by atoms with Gasteiger partial charge in [0.1, 0.15) is 0 Å². The fraction of sp³-hybridized carbons (Fsp3) is 0.583. The number of aliphatic carboxylic acids is 1. The van der Waals surface area contributed by atoms with Crippen molar-refractivity contribution >= 4 is 17.7 Å². The molecule has 0 saturated heterocycles.